The fourth-order valence-electron chi connectivity index (χ4n) is 3.28. The van der Waals surface area contributed by atoms with Gasteiger partial charge in [0, 0.05) is 5.41 Å². The van der Waals surface area contributed by atoms with E-state index in [0.717, 1.165) is 12.8 Å². The lowest BCUT2D eigenvalue weighted by Crippen LogP contribution is -2.27. The van der Waals surface area contributed by atoms with Gasteiger partial charge in [0.05, 0.1) is 0 Å². The maximum absolute atomic E-state index is 9.58. The lowest BCUT2D eigenvalue weighted by atomic mass is 9.69. The number of hydrogen-bond acceptors (Lipinski definition) is 2. The van der Waals surface area contributed by atoms with E-state index in [1.54, 1.807) is 24.3 Å². The van der Waals surface area contributed by atoms with Crippen molar-refractivity contribution in [2.45, 2.75) is 51.4 Å². The average Bonchev–Trinajstić information content (AvgIpc) is 2.54. The van der Waals surface area contributed by atoms with Crippen LogP contribution in [0.15, 0.2) is 48.5 Å². The second kappa shape index (κ2) is 7.35. The second-order valence-electron chi connectivity index (χ2n) is 5.99. The highest BCUT2D eigenvalue weighted by Crippen LogP contribution is 2.41. The highest BCUT2D eigenvalue weighted by molar-refractivity contribution is 5.42. The third-order valence-electron chi connectivity index (χ3n) is 4.65. The molecule has 2 rings (SSSR count). The molecule has 0 atom stereocenters. The maximum Gasteiger partial charge on any atom is 0.115 e. The van der Waals surface area contributed by atoms with Gasteiger partial charge in [-0.3, -0.25) is 0 Å². The van der Waals surface area contributed by atoms with E-state index in [9.17, 15) is 10.2 Å². The number of rotatable bonds is 7. The van der Waals surface area contributed by atoms with Crippen LogP contribution in [0.5, 0.6) is 11.5 Å². The van der Waals surface area contributed by atoms with Crippen LogP contribution < -0.4 is 0 Å². The van der Waals surface area contributed by atoms with Gasteiger partial charge >= 0.3 is 0 Å². The van der Waals surface area contributed by atoms with E-state index in [2.05, 4.69) is 13.8 Å². The molecular formula is C20H26O2. The molecule has 2 heteroatoms. The van der Waals surface area contributed by atoms with Gasteiger partial charge in [-0.1, -0.05) is 57.4 Å². The van der Waals surface area contributed by atoms with Gasteiger partial charge in [-0.2, -0.15) is 0 Å². The van der Waals surface area contributed by atoms with Crippen molar-refractivity contribution in [3.05, 3.63) is 59.7 Å². The molecule has 0 aliphatic heterocycles. The summed E-state index contributed by atoms with van der Waals surface area (Å²) in [4.78, 5) is 0. The van der Waals surface area contributed by atoms with Gasteiger partial charge in [-0.15, -0.1) is 0 Å². The quantitative estimate of drug-likeness (QED) is 0.674. The minimum atomic E-state index is -0.0590. The molecule has 0 saturated heterocycles. The molecule has 0 amide bonds. The monoisotopic (exact) mass is 298 g/mol. The Bertz CT molecular complexity index is 524. The topological polar surface area (TPSA) is 40.5 Å². The molecule has 2 nitrogen and oxygen atoms in total. The Morgan fingerprint density at radius 2 is 1.18 bits per heavy atom. The summed E-state index contributed by atoms with van der Waals surface area (Å²) in [6.45, 7) is 4.43. The van der Waals surface area contributed by atoms with Gasteiger partial charge in [-0.05, 0) is 48.2 Å². The molecule has 118 valence electrons. The molecule has 0 spiro atoms. The Hall–Kier alpha value is -1.96. The predicted molar refractivity (Wildman–Crippen MR) is 91.4 cm³/mol. The second-order valence-corrected chi connectivity index (χ2v) is 5.99. The Kier molecular flexibility index (Phi) is 5.48. The standard InChI is InChI=1S/C20H26O2/c1-3-5-6-15-20(4-2,16-7-11-18(21)12-8-16)17-9-13-19(22)14-10-17/h7-14,21-22H,3-6,15H2,1-2H3. The molecule has 0 aliphatic rings. The zero-order valence-corrected chi connectivity index (χ0v) is 13.5. The lowest BCUT2D eigenvalue weighted by Gasteiger charge is -2.34. The molecule has 0 radical (unpaired) electrons. The molecule has 0 unspecified atom stereocenters. The van der Waals surface area contributed by atoms with Crippen molar-refractivity contribution >= 4 is 0 Å². The summed E-state index contributed by atoms with van der Waals surface area (Å²) < 4.78 is 0. The van der Waals surface area contributed by atoms with E-state index in [0.29, 0.717) is 11.5 Å². The van der Waals surface area contributed by atoms with Crippen LogP contribution in [0.25, 0.3) is 0 Å². The highest BCUT2D eigenvalue weighted by Gasteiger charge is 2.31. The van der Waals surface area contributed by atoms with Crippen molar-refractivity contribution in [3.8, 4) is 11.5 Å². The van der Waals surface area contributed by atoms with E-state index >= 15 is 0 Å². The molecular weight excluding hydrogens is 272 g/mol. The molecule has 0 heterocycles. The molecule has 0 bridgehead atoms. The minimum absolute atomic E-state index is 0.0590. The van der Waals surface area contributed by atoms with Gasteiger partial charge in [-0.25, -0.2) is 0 Å². The zero-order chi connectivity index (χ0) is 16.0. The van der Waals surface area contributed by atoms with Crippen LogP contribution in [0, 0.1) is 0 Å². The maximum atomic E-state index is 9.58. The molecule has 2 aromatic rings. The number of phenolic OH excluding ortho intramolecular Hbond substituents is 2. The van der Waals surface area contributed by atoms with Crippen molar-refractivity contribution in [2.75, 3.05) is 0 Å². The largest absolute Gasteiger partial charge is 0.508 e. The van der Waals surface area contributed by atoms with E-state index in [4.69, 9.17) is 0 Å². The lowest BCUT2D eigenvalue weighted by molar-refractivity contribution is 0.427. The van der Waals surface area contributed by atoms with Gasteiger partial charge < -0.3 is 10.2 Å². The van der Waals surface area contributed by atoms with Crippen LogP contribution in [0.1, 0.15) is 57.1 Å². The van der Waals surface area contributed by atoms with Crippen molar-refractivity contribution in [1.82, 2.24) is 0 Å². The van der Waals surface area contributed by atoms with Gasteiger partial charge in [0.1, 0.15) is 11.5 Å². The van der Waals surface area contributed by atoms with Crippen LogP contribution in [0.3, 0.4) is 0 Å². The molecule has 0 saturated carbocycles. The summed E-state index contributed by atoms with van der Waals surface area (Å²) in [6, 6.07) is 15.2. The van der Waals surface area contributed by atoms with E-state index in [-0.39, 0.29) is 5.41 Å². The summed E-state index contributed by atoms with van der Waals surface area (Å²) in [7, 11) is 0. The van der Waals surface area contributed by atoms with Crippen LogP contribution in [0.2, 0.25) is 0 Å². The van der Waals surface area contributed by atoms with Crippen molar-refractivity contribution in [1.29, 1.82) is 0 Å². The minimum Gasteiger partial charge on any atom is -0.508 e. The zero-order valence-electron chi connectivity index (χ0n) is 13.5. The molecule has 22 heavy (non-hydrogen) atoms. The van der Waals surface area contributed by atoms with Crippen molar-refractivity contribution < 1.29 is 10.2 Å². The Morgan fingerprint density at radius 1 is 0.727 bits per heavy atom. The molecule has 0 aromatic heterocycles. The normalized spacial score (nSPS) is 11.5. The first-order valence-electron chi connectivity index (χ1n) is 8.21. The number of benzene rings is 2. The average molecular weight is 298 g/mol. The van der Waals surface area contributed by atoms with Crippen molar-refractivity contribution in [3.63, 3.8) is 0 Å². The number of aromatic hydroxyl groups is 2. The highest BCUT2D eigenvalue weighted by atomic mass is 16.3. The predicted octanol–water partition coefficient (Wildman–Crippen LogP) is 5.37. The Morgan fingerprint density at radius 3 is 1.55 bits per heavy atom. The Balaban J connectivity index is 2.45. The number of phenols is 2. The first kappa shape index (κ1) is 16.4. The number of hydrogen-bond donors (Lipinski definition) is 2. The fraction of sp³-hybridized carbons (Fsp3) is 0.400. The molecule has 2 N–H and O–H groups in total. The summed E-state index contributed by atoms with van der Waals surface area (Å²) >= 11 is 0. The van der Waals surface area contributed by atoms with Crippen LogP contribution in [0.4, 0.5) is 0 Å². The van der Waals surface area contributed by atoms with E-state index < -0.39 is 0 Å². The van der Waals surface area contributed by atoms with Crippen LogP contribution in [-0.2, 0) is 5.41 Å². The Labute approximate surface area is 133 Å². The van der Waals surface area contributed by atoms with E-state index in [1.807, 2.05) is 24.3 Å². The van der Waals surface area contributed by atoms with Crippen LogP contribution in [-0.4, -0.2) is 10.2 Å². The summed E-state index contributed by atoms with van der Waals surface area (Å²) in [6.07, 6.45) is 5.66. The molecule has 0 aliphatic carbocycles. The molecule has 0 fully saturated rings. The van der Waals surface area contributed by atoms with Gasteiger partial charge in [0.25, 0.3) is 0 Å². The van der Waals surface area contributed by atoms with E-state index in [1.165, 1.54) is 30.4 Å². The van der Waals surface area contributed by atoms with Crippen LogP contribution >= 0.6 is 0 Å². The fourth-order valence-corrected chi connectivity index (χ4v) is 3.28. The first-order chi connectivity index (χ1) is 10.6. The third-order valence-corrected chi connectivity index (χ3v) is 4.65. The summed E-state index contributed by atoms with van der Waals surface area (Å²) in [5.74, 6) is 0.598. The molecule has 2 aromatic carbocycles. The summed E-state index contributed by atoms with van der Waals surface area (Å²) in [5, 5.41) is 19.2. The first-order valence-corrected chi connectivity index (χ1v) is 8.21. The van der Waals surface area contributed by atoms with Gasteiger partial charge in [0.15, 0.2) is 0 Å². The van der Waals surface area contributed by atoms with Crippen molar-refractivity contribution in [2.24, 2.45) is 0 Å². The summed E-state index contributed by atoms with van der Waals surface area (Å²) in [5.41, 5.74) is 2.40. The third kappa shape index (κ3) is 3.44. The number of unbranched alkanes of at least 4 members (excludes halogenated alkanes) is 2. The van der Waals surface area contributed by atoms with Gasteiger partial charge in [0.2, 0.25) is 0 Å². The smallest absolute Gasteiger partial charge is 0.115 e. The SMILES string of the molecule is CCCCCC(CC)(c1ccc(O)cc1)c1ccc(O)cc1.